The molecule has 1 aliphatic rings. The molecular formula is C17H16ClNO3S. The number of benzene rings is 1. The molecule has 3 rings (SSSR count). The van der Waals surface area contributed by atoms with Gasteiger partial charge in [0.25, 0.3) is 0 Å². The summed E-state index contributed by atoms with van der Waals surface area (Å²) in [7, 11) is 0. The second kappa shape index (κ2) is 5.98. The van der Waals surface area contributed by atoms with Crippen LogP contribution in [0.3, 0.4) is 0 Å². The van der Waals surface area contributed by atoms with Gasteiger partial charge in [0.1, 0.15) is 4.88 Å². The molecule has 2 N–H and O–H groups in total. The summed E-state index contributed by atoms with van der Waals surface area (Å²) in [6.45, 7) is 4.09. The van der Waals surface area contributed by atoms with Crippen molar-refractivity contribution < 1.29 is 14.7 Å². The van der Waals surface area contributed by atoms with Gasteiger partial charge in [0.2, 0.25) is 5.91 Å². The van der Waals surface area contributed by atoms with Crippen LogP contribution in [0.4, 0.5) is 5.69 Å². The van der Waals surface area contributed by atoms with Crippen molar-refractivity contribution in [3.8, 4) is 11.1 Å². The third kappa shape index (κ3) is 2.75. The number of carboxylic acids is 1. The third-order valence-electron chi connectivity index (χ3n) is 4.08. The van der Waals surface area contributed by atoms with E-state index in [0.29, 0.717) is 28.3 Å². The van der Waals surface area contributed by atoms with E-state index in [1.165, 1.54) is 11.3 Å². The van der Waals surface area contributed by atoms with E-state index in [2.05, 4.69) is 5.32 Å². The van der Waals surface area contributed by atoms with Crippen molar-refractivity contribution in [2.45, 2.75) is 26.2 Å². The Kier molecular flexibility index (Phi) is 4.17. The van der Waals surface area contributed by atoms with Crippen molar-refractivity contribution in [2.75, 3.05) is 5.32 Å². The lowest BCUT2D eigenvalue weighted by molar-refractivity contribution is -0.117. The van der Waals surface area contributed by atoms with Crippen LogP contribution in [0.25, 0.3) is 11.1 Å². The minimum atomic E-state index is -1.00. The normalized spacial score (nSPS) is 17.0. The van der Waals surface area contributed by atoms with Gasteiger partial charge in [-0.15, -0.1) is 11.3 Å². The molecule has 1 aromatic heterocycles. The van der Waals surface area contributed by atoms with Gasteiger partial charge in [-0.2, -0.15) is 0 Å². The number of anilines is 1. The zero-order valence-electron chi connectivity index (χ0n) is 12.7. The van der Waals surface area contributed by atoms with Gasteiger partial charge in [0, 0.05) is 33.4 Å². The summed E-state index contributed by atoms with van der Waals surface area (Å²) in [4.78, 5) is 25.0. The highest BCUT2D eigenvalue weighted by Crippen LogP contribution is 2.50. The van der Waals surface area contributed by atoms with Crippen LogP contribution in [0, 0.1) is 5.92 Å². The number of rotatable bonds is 3. The summed E-state index contributed by atoms with van der Waals surface area (Å²) in [5.74, 6) is -0.812. The van der Waals surface area contributed by atoms with Gasteiger partial charge in [-0.1, -0.05) is 43.6 Å². The van der Waals surface area contributed by atoms with Crippen LogP contribution in [-0.4, -0.2) is 17.0 Å². The quantitative estimate of drug-likeness (QED) is 0.832. The van der Waals surface area contributed by atoms with E-state index >= 15 is 0 Å². The Labute approximate surface area is 143 Å². The molecule has 1 amide bonds. The Balaban J connectivity index is 2.30. The van der Waals surface area contributed by atoms with Gasteiger partial charge >= 0.3 is 5.97 Å². The number of carbonyl (C=O) groups is 2. The minimum absolute atomic E-state index is 0.0260. The molecule has 0 spiro atoms. The van der Waals surface area contributed by atoms with E-state index in [1.807, 2.05) is 19.9 Å². The summed E-state index contributed by atoms with van der Waals surface area (Å²) in [6.07, 6.45) is 0.381. The molecule has 23 heavy (non-hydrogen) atoms. The van der Waals surface area contributed by atoms with E-state index in [-0.39, 0.29) is 22.6 Å². The molecule has 0 aliphatic carbocycles. The lowest BCUT2D eigenvalue weighted by Crippen LogP contribution is -2.24. The van der Waals surface area contributed by atoms with Gasteiger partial charge < -0.3 is 10.4 Å². The van der Waals surface area contributed by atoms with Gasteiger partial charge in [-0.05, 0) is 12.0 Å². The summed E-state index contributed by atoms with van der Waals surface area (Å²) in [6, 6.07) is 7.10. The zero-order valence-corrected chi connectivity index (χ0v) is 14.3. The maximum absolute atomic E-state index is 12.1. The number of carbonyl (C=O) groups excluding carboxylic acids is 1. The van der Waals surface area contributed by atoms with Crippen molar-refractivity contribution in [3.05, 3.63) is 39.0 Å². The van der Waals surface area contributed by atoms with Crippen molar-refractivity contribution >= 4 is 40.5 Å². The van der Waals surface area contributed by atoms with Gasteiger partial charge in [-0.3, -0.25) is 4.79 Å². The van der Waals surface area contributed by atoms with E-state index in [9.17, 15) is 14.7 Å². The molecule has 0 bridgehead atoms. The first-order valence-electron chi connectivity index (χ1n) is 7.34. The van der Waals surface area contributed by atoms with Crippen molar-refractivity contribution in [3.63, 3.8) is 0 Å². The van der Waals surface area contributed by atoms with Crippen molar-refractivity contribution in [1.82, 2.24) is 0 Å². The highest BCUT2D eigenvalue weighted by atomic mass is 35.5. The van der Waals surface area contributed by atoms with Crippen LogP contribution in [0.2, 0.25) is 5.02 Å². The lowest BCUT2D eigenvalue weighted by atomic mass is 9.86. The van der Waals surface area contributed by atoms with E-state index < -0.39 is 5.97 Å². The average molecular weight is 350 g/mol. The molecule has 0 radical (unpaired) electrons. The molecular weight excluding hydrogens is 334 g/mol. The number of fused-ring (bicyclic) bond motifs is 1. The predicted octanol–water partition coefficient (Wildman–Crippen LogP) is 4.85. The molecule has 4 nitrogen and oxygen atoms in total. The van der Waals surface area contributed by atoms with Gasteiger partial charge in [0.15, 0.2) is 0 Å². The van der Waals surface area contributed by atoms with Crippen LogP contribution < -0.4 is 5.32 Å². The molecule has 2 heterocycles. The third-order valence-corrected chi connectivity index (χ3v) is 5.72. The van der Waals surface area contributed by atoms with Crippen LogP contribution in [0.5, 0.6) is 0 Å². The molecule has 0 fully saturated rings. The summed E-state index contributed by atoms with van der Waals surface area (Å²) in [5, 5.41) is 12.9. The Morgan fingerprint density at radius 3 is 2.70 bits per heavy atom. The molecule has 1 aliphatic heterocycles. The summed E-state index contributed by atoms with van der Waals surface area (Å²) < 4.78 is 0. The number of amides is 1. The second-order valence-electron chi connectivity index (χ2n) is 5.93. The number of carboxylic acid groups (broad SMARTS) is 1. The number of halogens is 1. The van der Waals surface area contributed by atoms with Gasteiger partial charge in [0.05, 0.1) is 5.69 Å². The molecule has 120 valence electrons. The average Bonchev–Trinajstić information content (AvgIpc) is 2.86. The van der Waals surface area contributed by atoms with Crippen LogP contribution in [0.1, 0.15) is 40.7 Å². The number of hydrogen-bond acceptors (Lipinski definition) is 3. The Morgan fingerprint density at radius 1 is 1.39 bits per heavy atom. The maximum atomic E-state index is 12.1. The van der Waals surface area contributed by atoms with E-state index in [4.69, 9.17) is 11.6 Å². The fourth-order valence-electron chi connectivity index (χ4n) is 2.93. The molecule has 1 aromatic carbocycles. The molecule has 0 saturated carbocycles. The molecule has 2 aromatic rings. The largest absolute Gasteiger partial charge is 0.477 e. The molecule has 6 heteroatoms. The second-order valence-corrected chi connectivity index (χ2v) is 7.39. The Bertz CT molecular complexity index is 797. The smallest absolute Gasteiger partial charge is 0.346 e. The Morgan fingerprint density at radius 2 is 2.09 bits per heavy atom. The van der Waals surface area contributed by atoms with Crippen LogP contribution >= 0.6 is 22.9 Å². The fraction of sp³-hybridized carbons (Fsp3) is 0.294. The minimum Gasteiger partial charge on any atom is -0.477 e. The number of thiophene rings is 1. The Hall–Kier alpha value is -1.85. The fourth-order valence-corrected chi connectivity index (χ4v) is 4.54. The zero-order chi connectivity index (χ0) is 16.7. The topological polar surface area (TPSA) is 66.4 Å². The first kappa shape index (κ1) is 16.0. The SMILES string of the molecule is CC(C)[C@@H]1CC(=O)Nc2c1sc(C(=O)O)c2-c1ccccc1Cl. The van der Waals surface area contributed by atoms with E-state index in [0.717, 1.165) is 4.88 Å². The lowest BCUT2D eigenvalue weighted by Gasteiger charge is -2.26. The first-order valence-corrected chi connectivity index (χ1v) is 8.54. The standard InChI is InChI=1S/C17H16ClNO3S/c1-8(2)10-7-12(20)19-14-13(9-5-3-4-6-11(9)18)16(17(21)22)23-15(10)14/h3-6,8,10H,7H2,1-2H3,(H,19,20)(H,21,22)/t10-/m0/s1. The molecule has 0 unspecified atom stereocenters. The molecule has 0 saturated heterocycles. The highest BCUT2D eigenvalue weighted by Gasteiger charge is 2.35. The number of aromatic carboxylic acids is 1. The van der Waals surface area contributed by atoms with Crippen molar-refractivity contribution in [2.24, 2.45) is 5.92 Å². The van der Waals surface area contributed by atoms with E-state index in [1.54, 1.807) is 18.2 Å². The van der Waals surface area contributed by atoms with Gasteiger partial charge in [-0.25, -0.2) is 4.79 Å². The highest BCUT2D eigenvalue weighted by molar-refractivity contribution is 7.15. The monoisotopic (exact) mass is 349 g/mol. The maximum Gasteiger partial charge on any atom is 0.346 e. The van der Waals surface area contributed by atoms with Crippen molar-refractivity contribution in [1.29, 1.82) is 0 Å². The molecule has 1 atom stereocenters. The summed E-state index contributed by atoms with van der Waals surface area (Å²) >= 11 is 7.51. The first-order chi connectivity index (χ1) is 10.9. The predicted molar refractivity (Wildman–Crippen MR) is 92.6 cm³/mol. The van der Waals surface area contributed by atoms with Crippen LogP contribution in [0.15, 0.2) is 24.3 Å². The number of nitrogens with one attached hydrogen (secondary N) is 1. The van der Waals surface area contributed by atoms with Crippen LogP contribution in [-0.2, 0) is 4.79 Å². The number of hydrogen-bond donors (Lipinski definition) is 2. The summed E-state index contributed by atoms with van der Waals surface area (Å²) in [5.41, 5.74) is 1.76.